The van der Waals surface area contributed by atoms with Gasteiger partial charge in [0.05, 0.1) is 5.75 Å². The Bertz CT molecular complexity index is 574. The summed E-state index contributed by atoms with van der Waals surface area (Å²) < 4.78 is 1.08. The first kappa shape index (κ1) is 15.3. The quantitative estimate of drug-likeness (QED) is 0.821. The molecule has 0 radical (unpaired) electrons. The summed E-state index contributed by atoms with van der Waals surface area (Å²) >= 11 is 5.14. The normalized spacial score (nSPS) is 11.1. The van der Waals surface area contributed by atoms with Crippen molar-refractivity contribution in [3.63, 3.8) is 0 Å². The molecule has 0 aliphatic heterocycles. The molecule has 5 heteroatoms. The van der Waals surface area contributed by atoms with Crippen molar-refractivity contribution in [2.45, 2.75) is 37.3 Å². The van der Waals surface area contributed by atoms with Gasteiger partial charge >= 0.3 is 0 Å². The third kappa shape index (κ3) is 3.73. The van der Waals surface area contributed by atoms with Crippen molar-refractivity contribution in [2.75, 3.05) is 5.73 Å². The molecule has 0 saturated carbocycles. The zero-order valence-corrected chi connectivity index (χ0v) is 14.3. The van der Waals surface area contributed by atoms with Gasteiger partial charge in [-0.3, -0.25) is 0 Å². The monoisotopic (exact) mass is 351 g/mol. The summed E-state index contributed by atoms with van der Waals surface area (Å²) in [6.45, 7) is 6.22. The van der Waals surface area contributed by atoms with Crippen LogP contribution in [0.3, 0.4) is 0 Å². The van der Waals surface area contributed by atoms with Crippen LogP contribution in [0.25, 0.3) is 0 Å². The molecule has 2 N–H and O–H groups in total. The van der Waals surface area contributed by atoms with E-state index in [9.17, 15) is 0 Å². The van der Waals surface area contributed by atoms with E-state index in [2.05, 4.69) is 51.9 Å². The van der Waals surface area contributed by atoms with Crippen LogP contribution in [0.15, 0.2) is 33.6 Å². The van der Waals surface area contributed by atoms with E-state index in [1.807, 2.05) is 19.1 Å². The van der Waals surface area contributed by atoms with Gasteiger partial charge in [0, 0.05) is 20.6 Å². The maximum absolute atomic E-state index is 6.05. The van der Waals surface area contributed by atoms with Crippen molar-refractivity contribution >= 4 is 33.5 Å². The van der Waals surface area contributed by atoms with Crippen LogP contribution in [0.5, 0.6) is 0 Å². The van der Waals surface area contributed by atoms with E-state index in [-0.39, 0.29) is 0 Å². The molecule has 0 unspecified atom stereocenters. The molecule has 0 spiro atoms. The highest BCUT2D eigenvalue weighted by atomic mass is 79.9. The summed E-state index contributed by atoms with van der Waals surface area (Å²) in [5, 5.41) is 0. The topological polar surface area (TPSA) is 51.8 Å². The maximum atomic E-state index is 6.05. The van der Waals surface area contributed by atoms with E-state index < -0.39 is 0 Å². The summed E-state index contributed by atoms with van der Waals surface area (Å²) in [5.41, 5.74) is 8.09. The third-order valence-corrected chi connectivity index (χ3v) is 4.51. The number of hydrogen-bond donors (Lipinski definition) is 1. The lowest BCUT2D eigenvalue weighted by Crippen LogP contribution is -2.08. The molecular weight excluding hydrogens is 334 g/mol. The molecule has 3 nitrogen and oxygen atoms in total. The summed E-state index contributed by atoms with van der Waals surface area (Å²) in [5.74, 6) is 2.48. The summed E-state index contributed by atoms with van der Waals surface area (Å²) in [6.07, 6.45) is 0. The lowest BCUT2D eigenvalue weighted by Gasteiger charge is -2.13. The average Bonchev–Trinajstić information content (AvgIpc) is 2.37. The minimum absolute atomic E-state index is 0.350. The SMILES string of the molecule is Cc1nc(CSc2ccc(Br)cc2)nc(N)c1C(C)C. The van der Waals surface area contributed by atoms with Crippen molar-refractivity contribution in [1.82, 2.24) is 9.97 Å². The van der Waals surface area contributed by atoms with Crippen LogP contribution < -0.4 is 5.73 Å². The molecule has 0 fully saturated rings. The summed E-state index contributed by atoms with van der Waals surface area (Å²) in [4.78, 5) is 10.2. The zero-order valence-electron chi connectivity index (χ0n) is 11.9. The predicted octanol–water partition coefficient (Wildman–Crippen LogP) is 4.55. The molecule has 2 aromatic rings. The number of rotatable bonds is 4. The van der Waals surface area contributed by atoms with E-state index in [1.54, 1.807) is 11.8 Å². The first-order valence-electron chi connectivity index (χ1n) is 6.48. The van der Waals surface area contributed by atoms with Crippen molar-refractivity contribution < 1.29 is 0 Å². The van der Waals surface area contributed by atoms with Gasteiger partial charge in [0.2, 0.25) is 0 Å². The van der Waals surface area contributed by atoms with Crippen molar-refractivity contribution in [3.8, 4) is 0 Å². The number of thioether (sulfide) groups is 1. The van der Waals surface area contributed by atoms with E-state index in [0.29, 0.717) is 11.7 Å². The van der Waals surface area contributed by atoms with Gasteiger partial charge in [0.25, 0.3) is 0 Å². The molecule has 106 valence electrons. The van der Waals surface area contributed by atoms with Crippen LogP contribution in [0.4, 0.5) is 5.82 Å². The fourth-order valence-electron chi connectivity index (χ4n) is 2.12. The average molecular weight is 352 g/mol. The van der Waals surface area contributed by atoms with Crippen LogP contribution in [0, 0.1) is 6.92 Å². The molecule has 0 aliphatic rings. The molecule has 1 aromatic heterocycles. The fraction of sp³-hybridized carbons (Fsp3) is 0.333. The summed E-state index contributed by atoms with van der Waals surface area (Å²) in [7, 11) is 0. The van der Waals surface area contributed by atoms with E-state index >= 15 is 0 Å². The number of nitrogens with two attached hydrogens (primary N) is 1. The second-order valence-electron chi connectivity index (χ2n) is 4.92. The van der Waals surface area contributed by atoms with Gasteiger partial charge in [-0.1, -0.05) is 29.8 Å². The molecule has 0 saturated heterocycles. The van der Waals surface area contributed by atoms with Crippen LogP contribution in [-0.4, -0.2) is 9.97 Å². The second kappa shape index (κ2) is 6.59. The Kier molecular flexibility index (Phi) is 5.05. The van der Waals surface area contributed by atoms with E-state index in [1.165, 1.54) is 4.90 Å². The molecule has 0 bridgehead atoms. The Morgan fingerprint density at radius 2 is 1.85 bits per heavy atom. The molecule has 1 heterocycles. The first-order chi connectivity index (χ1) is 9.47. The predicted molar refractivity (Wildman–Crippen MR) is 89.0 cm³/mol. The van der Waals surface area contributed by atoms with E-state index in [0.717, 1.165) is 27.3 Å². The number of nitrogens with zero attached hydrogens (tertiary/aromatic N) is 2. The van der Waals surface area contributed by atoms with Crippen molar-refractivity contribution in [1.29, 1.82) is 0 Å². The van der Waals surface area contributed by atoms with Gasteiger partial charge in [-0.15, -0.1) is 11.8 Å². The van der Waals surface area contributed by atoms with Gasteiger partial charge in [-0.05, 0) is 37.1 Å². The summed E-state index contributed by atoms with van der Waals surface area (Å²) in [6, 6.07) is 8.22. The number of nitrogen functional groups attached to an aromatic ring is 1. The number of benzene rings is 1. The Hall–Kier alpha value is -1.07. The molecule has 0 amide bonds. The lowest BCUT2D eigenvalue weighted by atomic mass is 10.0. The first-order valence-corrected chi connectivity index (χ1v) is 8.26. The van der Waals surface area contributed by atoms with Crippen LogP contribution in [-0.2, 0) is 5.75 Å². The van der Waals surface area contributed by atoms with Crippen molar-refractivity contribution in [2.24, 2.45) is 0 Å². The van der Waals surface area contributed by atoms with Gasteiger partial charge < -0.3 is 5.73 Å². The second-order valence-corrected chi connectivity index (χ2v) is 6.89. The number of anilines is 1. The lowest BCUT2D eigenvalue weighted by molar-refractivity contribution is 0.823. The standard InChI is InChI=1S/C15H18BrN3S/c1-9(2)14-10(3)18-13(19-15(14)17)8-20-12-6-4-11(16)5-7-12/h4-7,9H,8H2,1-3H3,(H2,17,18,19). The van der Waals surface area contributed by atoms with Crippen molar-refractivity contribution in [3.05, 3.63) is 45.8 Å². The van der Waals surface area contributed by atoms with Gasteiger partial charge in [0.15, 0.2) is 0 Å². The molecular formula is C15H18BrN3S. The smallest absolute Gasteiger partial charge is 0.141 e. The Morgan fingerprint density at radius 1 is 1.20 bits per heavy atom. The number of hydrogen-bond acceptors (Lipinski definition) is 4. The highest BCUT2D eigenvalue weighted by molar-refractivity contribution is 9.10. The zero-order chi connectivity index (χ0) is 14.7. The fourth-order valence-corrected chi connectivity index (χ4v) is 3.14. The Morgan fingerprint density at radius 3 is 2.40 bits per heavy atom. The highest BCUT2D eigenvalue weighted by Gasteiger charge is 2.12. The van der Waals surface area contributed by atoms with Crippen LogP contribution >= 0.6 is 27.7 Å². The number of halogens is 1. The van der Waals surface area contributed by atoms with Gasteiger partial charge in [-0.25, -0.2) is 9.97 Å². The largest absolute Gasteiger partial charge is 0.383 e. The highest BCUT2D eigenvalue weighted by Crippen LogP contribution is 2.26. The maximum Gasteiger partial charge on any atom is 0.141 e. The van der Waals surface area contributed by atoms with Crippen LogP contribution in [0.1, 0.15) is 36.8 Å². The Labute approximate surface area is 132 Å². The minimum Gasteiger partial charge on any atom is -0.383 e. The molecule has 0 aliphatic carbocycles. The molecule has 20 heavy (non-hydrogen) atoms. The molecule has 2 rings (SSSR count). The third-order valence-electron chi connectivity index (χ3n) is 2.97. The number of aromatic nitrogens is 2. The van der Waals surface area contributed by atoms with Gasteiger partial charge in [0.1, 0.15) is 11.6 Å². The molecule has 0 atom stereocenters. The minimum atomic E-state index is 0.350. The molecule has 1 aromatic carbocycles. The van der Waals surface area contributed by atoms with Crippen LogP contribution in [0.2, 0.25) is 0 Å². The Balaban J connectivity index is 2.12. The van der Waals surface area contributed by atoms with Gasteiger partial charge in [-0.2, -0.15) is 0 Å². The van der Waals surface area contributed by atoms with E-state index in [4.69, 9.17) is 5.73 Å². The number of aryl methyl sites for hydroxylation is 1.